The molecule has 0 aromatic heterocycles. The van der Waals surface area contributed by atoms with Gasteiger partial charge >= 0.3 is 0 Å². The Labute approximate surface area is 104 Å². The monoisotopic (exact) mass is 239 g/mol. The van der Waals surface area contributed by atoms with Gasteiger partial charge in [0.05, 0.1) is 6.54 Å². The molecule has 0 spiro atoms. The molecule has 0 radical (unpaired) electrons. The maximum Gasteiger partial charge on any atom is 0.236 e. The van der Waals surface area contributed by atoms with E-state index in [2.05, 4.69) is 18.7 Å². The van der Waals surface area contributed by atoms with Crippen LogP contribution < -0.4 is 5.73 Å². The normalized spacial score (nSPS) is 24.8. The zero-order chi connectivity index (χ0) is 12.5. The van der Waals surface area contributed by atoms with Gasteiger partial charge in [-0.1, -0.05) is 13.8 Å². The number of hydrogen-bond acceptors (Lipinski definition) is 3. The molecule has 2 aliphatic rings. The first-order valence-electron chi connectivity index (χ1n) is 6.80. The van der Waals surface area contributed by atoms with Gasteiger partial charge in [0.15, 0.2) is 0 Å². The first-order chi connectivity index (χ1) is 8.01. The molecule has 0 bridgehead atoms. The second kappa shape index (κ2) is 4.94. The minimum absolute atomic E-state index is 0.0673. The highest BCUT2D eigenvalue weighted by molar-refractivity contribution is 5.78. The molecule has 2 aliphatic heterocycles. The Kier molecular flexibility index (Phi) is 3.73. The molecule has 0 atom stereocenters. The van der Waals surface area contributed by atoms with Crippen LogP contribution in [0.2, 0.25) is 0 Å². The van der Waals surface area contributed by atoms with E-state index in [1.807, 2.05) is 4.90 Å². The quantitative estimate of drug-likeness (QED) is 0.787. The van der Waals surface area contributed by atoms with Crippen molar-refractivity contribution in [2.24, 2.45) is 11.7 Å². The molecule has 1 amide bonds. The van der Waals surface area contributed by atoms with E-state index < -0.39 is 0 Å². The lowest BCUT2D eigenvalue weighted by molar-refractivity contribution is -0.135. The van der Waals surface area contributed by atoms with Gasteiger partial charge in [-0.2, -0.15) is 0 Å². The third-order valence-corrected chi connectivity index (χ3v) is 4.25. The maximum atomic E-state index is 12.0. The molecule has 0 aromatic rings. The van der Waals surface area contributed by atoms with Crippen LogP contribution in [0.5, 0.6) is 0 Å². The zero-order valence-corrected chi connectivity index (χ0v) is 11.1. The van der Waals surface area contributed by atoms with Crippen LogP contribution in [0.25, 0.3) is 0 Å². The standard InChI is InChI=1S/C13H25N3O/c1-11(2)13(14)9-15(10-13)8-12(17)16-6-4-3-5-7-16/h11H,3-10,14H2,1-2H3. The molecule has 2 rings (SSSR count). The summed E-state index contributed by atoms with van der Waals surface area (Å²) >= 11 is 0. The van der Waals surface area contributed by atoms with Crippen LogP contribution in [0.3, 0.4) is 0 Å². The van der Waals surface area contributed by atoms with Gasteiger partial charge in [-0.15, -0.1) is 0 Å². The third-order valence-electron chi connectivity index (χ3n) is 4.25. The van der Waals surface area contributed by atoms with Crippen LogP contribution in [0, 0.1) is 5.92 Å². The van der Waals surface area contributed by atoms with Crippen molar-refractivity contribution >= 4 is 5.91 Å². The summed E-state index contributed by atoms with van der Waals surface area (Å²) in [5.74, 6) is 0.777. The van der Waals surface area contributed by atoms with Gasteiger partial charge < -0.3 is 10.6 Å². The maximum absolute atomic E-state index is 12.0. The Bertz CT molecular complexity index is 278. The van der Waals surface area contributed by atoms with Gasteiger partial charge in [-0.3, -0.25) is 9.69 Å². The summed E-state index contributed by atoms with van der Waals surface area (Å²) in [6.07, 6.45) is 3.60. The molecule has 17 heavy (non-hydrogen) atoms. The number of likely N-dealkylation sites (tertiary alicyclic amines) is 2. The minimum Gasteiger partial charge on any atom is -0.342 e. The Hall–Kier alpha value is -0.610. The van der Waals surface area contributed by atoms with E-state index >= 15 is 0 Å². The second-order valence-electron chi connectivity index (χ2n) is 5.97. The van der Waals surface area contributed by atoms with E-state index in [4.69, 9.17) is 5.73 Å². The largest absolute Gasteiger partial charge is 0.342 e. The van der Waals surface area contributed by atoms with Crippen molar-refractivity contribution in [2.75, 3.05) is 32.7 Å². The van der Waals surface area contributed by atoms with E-state index in [-0.39, 0.29) is 11.4 Å². The van der Waals surface area contributed by atoms with Crippen LogP contribution >= 0.6 is 0 Å². The van der Waals surface area contributed by atoms with Crippen LogP contribution in [-0.4, -0.2) is 54.0 Å². The number of nitrogens with zero attached hydrogens (tertiary/aromatic N) is 2. The number of amides is 1. The molecular formula is C13H25N3O. The molecule has 0 saturated carbocycles. The zero-order valence-electron chi connectivity index (χ0n) is 11.1. The molecule has 4 nitrogen and oxygen atoms in total. The van der Waals surface area contributed by atoms with Crippen molar-refractivity contribution in [1.82, 2.24) is 9.80 Å². The number of hydrogen-bond donors (Lipinski definition) is 1. The average molecular weight is 239 g/mol. The van der Waals surface area contributed by atoms with Crippen molar-refractivity contribution < 1.29 is 4.79 Å². The fourth-order valence-electron chi connectivity index (χ4n) is 2.70. The van der Waals surface area contributed by atoms with Gasteiger partial charge in [0, 0.05) is 31.7 Å². The van der Waals surface area contributed by atoms with Gasteiger partial charge in [-0.25, -0.2) is 0 Å². The number of rotatable bonds is 3. The van der Waals surface area contributed by atoms with Crippen LogP contribution in [-0.2, 0) is 4.79 Å². The molecule has 4 heteroatoms. The number of carbonyl (C=O) groups is 1. The number of piperidine rings is 1. The summed E-state index contributed by atoms with van der Waals surface area (Å²) in [4.78, 5) is 16.2. The molecule has 0 aliphatic carbocycles. The molecule has 2 fully saturated rings. The molecule has 2 saturated heterocycles. The first-order valence-corrected chi connectivity index (χ1v) is 6.80. The summed E-state index contributed by atoms with van der Waals surface area (Å²) in [7, 11) is 0. The smallest absolute Gasteiger partial charge is 0.236 e. The summed E-state index contributed by atoms with van der Waals surface area (Å²) in [5.41, 5.74) is 6.16. The minimum atomic E-state index is -0.0673. The third kappa shape index (κ3) is 2.80. The van der Waals surface area contributed by atoms with Gasteiger partial charge in [0.2, 0.25) is 5.91 Å². The molecule has 98 valence electrons. The van der Waals surface area contributed by atoms with Crippen molar-refractivity contribution in [1.29, 1.82) is 0 Å². The molecular weight excluding hydrogens is 214 g/mol. The molecule has 0 aromatic carbocycles. The van der Waals surface area contributed by atoms with Gasteiger partial charge in [0.1, 0.15) is 0 Å². The summed E-state index contributed by atoms with van der Waals surface area (Å²) in [6.45, 7) is 8.50. The topological polar surface area (TPSA) is 49.6 Å². The average Bonchev–Trinajstić information content (AvgIpc) is 2.27. The van der Waals surface area contributed by atoms with E-state index in [9.17, 15) is 4.79 Å². The molecule has 2 N–H and O–H groups in total. The number of carbonyl (C=O) groups excluding carboxylic acids is 1. The van der Waals surface area contributed by atoms with Crippen molar-refractivity contribution in [3.05, 3.63) is 0 Å². The SMILES string of the molecule is CC(C)C1(N)CN(CC(=O)N2CCCCC2)C1. The Morgan fingerprint density at radius 2 is 1.82 bits per heavy atom. The van der Waals surface area contributed by atoms with E-state index in [1.54, 1.807) is 0 Å². The Morgan fingerprint density at radius 1 is 1.24 bits per heavy atom. The first kappa shape index (κ1) is 12.8. The molecule has 2 heterocycles. The lowest BCUT2D eigenvalue weighted by atomic mass is 9.80. The van der Waals surface area contributed by atoms with E-state index in [0.29, 0.717) is 12.5 Å². The summed E-state index contributed by atoms with van der Waals surface area (Å²) in [5, 5.41) is 0. The lowest BCUT2D eigenvalue weighted by Crippen LogP contribution is -2.70. The predicted octanol–water partition coefficient (Wildman–Crippen LogP) is 0.668. The van der Waals surface area contributed by atoms with Crippen molar-refractivity contribution in [3.63, 3.8) is 0 Å². The fraction of sp³-hybridized carbons (Fsp3) is 0.923. The second-order valence-corrected chi connectivity index (χ2v) is 5.97. The van der Waals surface area contributed by atoms with E-state index in [0.717, 1.165) is 26.2 Å². The summed E-state index contributed by atoms with van der Waals surface area (Å²) < 4.78 is 0. The van der Waals surface area contributed by atoms with Gasteiger partial charge in [0.25, 0.3) is 0 Å². The van der Waals surface area contributed by atoms with Crippen LogP contribution in [0.15, 0.2) is 0 Å². The Balaban J connectivity index is 1.74. The summed E-state index contributed by atoms with van der Waals surface area (Å²) in [6, 6.07) is 0. The molecule has 0 unspecified atom stereocenters. The Morgan fingerprint density at radius 3 is 2.35 bits per heavy atom. The van der Waals surface area contributed by atoms with Crippen LogP contribution in [0.4, 0.5) is 0 Å². The highest BCUT2D eigenvalue weighted by atomic mass is 16.2. The number of nitrogens with two attached hydrogens (primary N) is 1. The van der Waals surface area contributed by atoms with Crippen molar-refractivity contribution in [3.8, 4) is 0 Å². The highest BCUT2D eigenvalue weighted by Crippen LogP contribution is 2.25. The fourth-order valence-corrected chi connectivity index (χ4v) is 2.70. The van der Waals surface area contributed by atoms with Gasteiger partial charge in [-0.05, 0) is 25.2 Å². The van der Waals surface area contributed by atoms with Crippen molar-refractivity contribution in [2.45, 2.75) is 38.6 Å². The highest BCUT2D eigenvalue weighted by Gasteiger charge is 2.42. The van der Waals surface area contributed by atoms with Crippen LogP contribution in [0.1, 0.15) is 33.1 Å². The lowest BCUT2D eigenvalue weighted by Gasteiger charge is -2.50. The van der Waals surface area contributed by atoms with E-state index in [1.165, 1.54) is 19.3 Å². The predicted molar refractivity (Wildman–Crippen MR) is 68.6 cm³/mol.